The molecule has 0 bridgehead atoms. The summed E-state index contributed by atoms with van der Waals surface area (Å²) in [5.74, 6) is 0.594. The Bertz CT molecular complexity index is 302. The maximum Gasteiger partial charge on any atom is 0.488 e. The summed E-state index contributed by atoms with van der Waals surface area (Å²) in [7, 11) is -1.39. The maximum absolute atomic E-state index is 9.14. The van der Waals surface area contributed by atoms with E-state index in [4.69, 9.17) is 10.0 Å². The number of nitrogens with one attached hydrogen (secondary N) is 1. The van der Waals surface area contributed by atoms with Gasteiger partial charge in [-0.3, -0.25) is 0 Å². The van der Waals surface area contributed by atoms with E-state index in [2.05, 4.69) is 19.2 Å². The second-order valence-corrected chi connectivity index (χ2v) is 4.10. The first-order valence-electron chi connectivity index (χ1n) is 5.26. The lowest BCUT2D eigenvalue weighted by molar-refractivity contribution is 0.425. The lowest BCUT2D eigenvalue weighted by Crippen LogP contribution is -2.35. The molecule has 15 heavy (non-hydrogen) atoms. The Hall–Kier alpha value is -0.835. The molecule has 1 aromatic carbocycles. The van der Waals surface area contributed by atoms with Crippen molar-refractivity contribution in [3.8, 4) is 0 Å². The van der Waals surface area contributed by atoms with Gasteiger partial charge in [0.25, 0.3) is 0 Å². The Kier molecular flexibility index (Phi) is 4.82. The van der Waals surface area contributed by atoms with Crippen molar-refractivity contribution in [3.05, 3.63) is 29.8 Å². The fourth-order valence-electron chi connectivity index (χ4n) is 1.44. The van der Waals surface area contributed by atoms with E-state index in [0.29, 0.717) is 17.9 Å². The molecule has 3 nitrogen and oxygen atoms in total. The van der Waals surface area contributed by atoms with E-state index in [1.807, 2.05) is 12.1 Å². The van der Waals surface area contributed by atoms with E-state index in [1.54, 1.807) is 12.1 Å². The van der Waals surface area contributed by atoms with Crippen LogP contribution in [0, 0.1) is 5.92 Å². The average molecular weight is 207 g/mol. The van der Waals surface area contributed by atoms with Crippen molar-refractivity contribution >= 4 is 12.6 Å². The van der Waals surface area contributed by atoms with Gasteiger partial charge in [0, 0.05) is 6.54 Å². The van der Waals surface area contributed by atoms with Gasteiger partial charge in [-0.05, 0) is 23.5 Å². The number of hydrogen-bond acceptors (Lipinski definition) is 3. The molecule has 3 N–H and O–H groups in total. The highest BCUT2D eigenvalue weighted by Crippen LogP contribution is 1.97. The van der Waals surface area contributed by atoms with Gasteiger partial charge < -0.3 is 15.4 Å². The quantitative estimate of drug-likeness (QED) is 0.601. The molecule has 0 amide bonds. The van der Waals surface area contributed by atoms with Crippen LogP contribution in [0.3, 0.4) is 0 Å². The fraction of sp³-hybridized carbons (Fsp3) is 0.455. The minimum absolute atomic E-state index is 0.578. The largest absolute Gasteiger partial charge is 0.488 e. The highest BCUT2D eigenvalue weighted by atomic mass is 16.4. The van der Waals surface area contributed by atoms with Gasteiger partial charge in [0.1, 0.15) is 0 Å². The van der Waals surface area contributed by atoms with Crippen LogP contribution >= 0.6 is 0 Å². The van der Waals surface area contributed by atoms with Crippen LogP contribution in [0.4, 0.5) is 0 Å². The Balaban J connectivity index is 2.59. The second kappa shape index (κ2) is 5.90. The second-order valence-electron chi connectivity index (χ2n) is 4.10. The summed E-state index contributed by atoms with van der Waals surface area (Å²) in [5.41, 5.74) is 1.52. The minimum atomic E-state index is -1.39. The van der Waals surface area contributed by atoms with E-state index in [1.165, 1.54) is 0 Å². The predicted octanol–water partition coefficient (Wildman–Crippen LogP) is 0.112. The van der Waals surface area contributed by atoms with Crippen LogP contribution < -0.4 is 10.8 Å². The van der Waals surface area contributed by atoms with Crippen LogP contribution in [0.15, 0.2) is 24.3 Å². The molecular weight excluding hydrogens is 189 g/mol. The normalized spacial score (nSPS) is 10.7. The molecule has 0 heterocycles. The van der Waals surface area contributed by atoms with Gasteiger partial charge in [-0.2, -0.15) is 0 Å². The van der Waals surface area contributed by atoms with Gasteiger partial charge in [0.2, 0.25) is 0 Å². The smallest absolute Gasteiger partial charge is 0.423 e. The van der Waals surface area contributed by atoms with E-state index in [0.717, 1.165) is 12.1 Å². The Labute approximate surface area is 91.3 Å². The summed E-state index contributed by atoms with van der Waals surface area (Å²) in [6.45, 7) is 5.88. The first-order valence-corrected chi connectivity index (χ1v) is 5.26. The molecule has 0 aliphatic heterocycles. The molecule has 0 saturated heterocycles. The van der Waals surface area contributed by atoms with Crippen LogP contribution in [-0.2, 0) is 6.54 Å². The Morgan fingerprint density at radius 1 is 1.27 bits per heavy atom. The van der Waals surface area contributed by atoms with Crippen LogP contribution in [0.1, 0.15) is 19.4 Å². The van der Waals surface area contributed by atoms with E-state index >= 15 is 0 Å². The molecule has 0 saturated carbocycles. The van der Waals surface area contributed by atoms with Gasteiger partial charge in [0.15, 0.2) is 0 Å². The average Bonchev–Trinajstić information content (AvgIpc) is 2.17. The third kappa shape index (κ3) is 4.04. The SMILES string of the molecule is CC(C)CNCc1ccccc1B(O)O. The van der Waals surface area contributed by atoms with Gasteiger partial charge in [0.05, 0.1) is 0 Å². The molecule has 1 aromatic rings. The van der Waals surface area contributed by atoms with Crippen molar-refractivity contribution in [2.45, 2.75) is 20.4 Å². The van der Waals surface area contributed by atoms with Gasteiger partial charge in [-0.15, -0.1) is 0 Å². The van der Waals surface area contributed by atoms with Gasteiger partial charge in [-0.1, -0.05) is 38.1 Å². The van der Waals surface area contributed by atoms with Crippen LogP contribution in [-0.4, -0.2) is 23.7 Å². The topological polar surface area (TPSA) is 52.5 Å². The van der Waals surface area contributed by atoms with Crippen molar-refractivity contribution in [2.75, 3.05) is 6.54 Å². The summed E-state index contributed by atoms with van der Waals surface area (Å²) in [4.78, 5) is 0. The molecule has 0 atom stereocenters. The lowest BCUT2D eigenvalue weighted by atomic mass is 9.77. The van der Waals surface area contributed by atoms with E-state index < -0.39 is 7.12 Å². The van der Waals surface area contributed by atoms with E-state index in [-0.39, 0.29) is 0 Å². The molecule has 0 aliphatic carbocycles. The molecule has 0 aromatic heterocycles. The Morgan fingerprint density at radius 3 is 2.53 bits per heavy atom. The van der Waals surface area contributed by atoms with Crippen molar-refractivity contribution in [1.82, 2.24) is 5.32 Å². The van der Waals surface area contributed by atoms with Crippen LogP contribution in [0.2, 0.25) is 0 Å². The van der Waals surface area contributed by atoms with Crippen molar-refractivity contribution in [1.29, 1.82) is 0 Å². The minimum Gasteiger partial charge on any atom is -0.423 e. The van der Waals surface area contributed by atoms with E-state index in [9.17, 15) is 0 Å². The monoisotopic (exact) mass is 207 g/mol. The van der Waals surface area contributed by atoms with Crippen molar-refractivity contribution < 1.29 is 10.0 Å². The molecule has 0 aliphatic rings. The van der Waals surface area contributed by atoms with Crippen molar-refractivity contribution in [3.63, 3.8) is 0 Å². The third-order valence-corrected chi connectivity index (χ3v) is 2.20. The highest BCUT2D eigenvalue weighted by molar-refractivity contribution is 6.59. The van der Waals surface area contributed by atoms with Gasteiger partial charge in [-0.25, -0.2) is 0 Å². The zero-order valence-electron chi connectivity index (χ0n) is 9.27. The molecule has 0 fully saturated rings. The summed E-state index contributed by atoms with van der Waals surface area (Å²) in [6.07, 6.45) is 0. The first-order chi connectivity index (χ1) is 7.11. The summed E-state index contributed by atoms with van der Waals surface area (Å²) in [5, 5.41) is 21.6. The molecule has 0 unspecified atom stereocenters. The van der Waals surface area contributed by atoms with Crippen molar-refractivity contribution in [2.24, 2.45) is 5.92 Å². The summed E-state index contributed by atoms with van der Waals surface area (Å²) >= 11 is 0. The summed E-state index contributed by atoms with van der Waals surface area (Å²) < 4.78 is 0. The Morgan fingerprint density at radius 2 is 1.93 bits per heavy atom. The predicted molar refractivity (Wildman–Crippen MR) is 62.8 cm³/mol. The summed E-state index contributed by atoms with van der Waals surface area (Å²) in [6, 6.07) is 7.35. The highest BCUT2D eigenvalue weighted by Gasteiger charge is 2.14. The molecule has 4 heteroatoms. The molecule has 82 valence electrons. The lowest BCUT2D eigenvalue weighted by Gasteiger charge is -2.11. The first kappa shape index (κ1) is 12.2. The fourth-order valence-corrected chi connectivity index (χ4v) is 1.44. The zero-order chi connectivity index (χ0) is 11.3. The van der Waals surface area contributed by atoms with Gasteiger partial charge >= 0.3 is 7.12 Å². The third-order valence-electron chi connectivity index (χ3n) is 2.20. The zero-order valence-corrected chi connectivity index (χ0v) is 9.27. The van der Waals surface area contributed by atoms with Crippen LogP contribution in [0.25, 0.3) is 0 Å². The number of rotatable bonds is 5. The number of hydrogen-bond donors (Lipinski definition) is 3. The molecule has 1 rings (SSSR count). The van der Waals surface area contributed by atoms with Crippen LogP contribution in [0.5, 0.6) is 0 Å². The molecule has 0 spiro atoms. The standard InChI is InChI=1S/C11H18BNO2/c1-9(2)7-13-8-10-5-3-4-6-11(10)12(14)15/h3-6,9,13-15H,7-8H2,1-2H3. The number of benzene rings is 1. The molecular formula is C11H18BNO2. The molecule has 0 radical (unpaired) electrons. The maximum atomic E-state index is 9.14.